The van der Waals surface area contributed by atoms with Gasteiger partial charge in [-0.05, 0) is 25.2 Å². The van der Waals surface area contributed by atoms with E-state index in [4.69, 9.17) is 9.52 Å². The third-order valence-electron chi connectivity index (χ3n) is 2.59. The molecule has 0 atom stereocenters. The summed E-state index contributed by atoms with van der Waals surface area (Å²) in [5.41, 5.74) is 0.149. The van der Waals surface area contributed by atoms with Crippen LogP contribution in [0.25, 0.3) is 0 Å². The van der Waals surface area contributed by atoms with Crippen molar-refractivity contribution in [2.45, 2.75) is 26.8 Å². The smallest absolute Gasteiger partial charge is 0.339 e. The Hall–Kier alpha value is -1.43. The number of furan rings is 1. The number of hydrogen-bond acceptors (Lipinski definition) is 4. The molecule has 0 unspecified atom stereocenters. The minimum atomic E-state index is -1.01. The molecule has 0 radical (unpaired) electrons. The van der Waals surface area contributed by atoms with Crippen molar-refractivity contribution in [1.82, 2.24) is 4.90 Å². The van der Waals surface area contributed by atoms with Crippen LogP contribution in [0.3, 0.4) is 0 Å². The molecule has 1 amide bonds. The maximum Gasteiger partial charge on any atom is 0.339 e. The third-order valence-corrected chi connectivity index (χ3v) is 3.74. The maximum atomic E-state index is 11.8. The van der Waals surface area contributed by atoms with Crippen LogP contribution in [0.4, 0.5) is 0 Å². The predicted octanol–water partition coefficient (Wildman–Crippen LogP) is 2.39. The fraction of sp³-hybridized carbons (Fsp3) is 0.538. The summed E-state index contributed by atoms with van der Waals surface area (Å²) in [6.45, 7) is 3.96. The first-order valence-electron chi connectivity index (χ1n) is 6.10. The minimum Gasteiger partial charge on any atom is -0.478 e. The lowest BCUT2D eigenvalue weighted by Crippen LogP contribution is -2.27. The van der Waals surface area contributed by atoms with Crippen LogP contribution in [-0.4, -0.2) is 40.4 Å². The van der Waals surface area contributed by atoms with Crippen LogP contribution in [0.5, 0.6) is 0 Å². The number of hydrogen-bond donors (Lipinski definition) is 1. The topological polar surface area (TPSA) is 70.8 Å². The first-order valence-corrected chi connectivity index (χ1v) is 7.25. The van der Waals surface area contributed by atoms with E-state index in [9.17, 15) is 9.59 Å². The van der Waals surface area contributed by atoms with Crippen molar-refractivity contribution in [3.63, 3.8) is 0 Å². The Morgan fingerprint density at radius 1 is 1.47 bits per heavy atom. The zero-order valence-electron chi connectivity index (χ0n) is 11.4. The average Bonchev–Trinajstić information content (AvgIpc) is 2.70. The largest absolute Gasteiger partial charge is 0.478 e. The number of carboxylic acid groups (broad SMARTS) is 1. The highest BCUT2D eigenvalue weighted by atomic mass is 32.2. The fourth-order valence-electron chi connectivity index (χ4n) is 1.57. The number of carboxylic acids is 1. The van der Waals surface area contributed by atoms with E-state index in [-0.39, 0.29) is 11.5 Å². The van der Waals surface area contributed by atoms with Crippen LogP contribution in [0.15, 0.2) is 10.5 Å². The summed E-state index contributed by atoms with van der Waals surface area (Å²) in [6, 6.07) is 1.47. The lowest BCUT2D eigenvalue weighted by molar-refractivity contribution is -0.127. The van der Waals surface area contributed by atoms with Gasteiger partial charge in [-0.2, -0.15) is 11.8 Å². The Balaban J connectivity index is 2.56. The number of aromatic carboxylic acids is 1. The molecule has 0 spiro atoms. The van der Waals surface area contributed by atoms with E-state index in [2.05, 4.69) is 6.92 Å². The van der Waals surface area contributed by atoms with Gasteiger partial charge in [0.25, 0.3) is 0 Å². The van der Waals surface area contributed by atoms with E-state index >= 15 is 0 Å². The monoisotopic (exact) mass is 285 g/mol. The molecule has 1 heterocycles. The van der Waals surface area contributed by atoms with E-state index in [1.54, 1.807) is 30.6 Å². The molecule has 19 heavy (non-hydrogen) atoms. The van der Waals surface area contributed by atoms with Crippen molar-refractivity contribution in [3.05, 3.63) is 23.2 Å². The molecule has 0 aliphatic carbocycles. The lowest BCUT2D eigenvalue weighted by atomic mass is 10.2. The maximum absolute atomic E-state index is 11.8. The van der Waals surface area contributed by atoms with Crippen molar-refractivity contribution in [3.8, 4) is 0 Å². The van der Waals surface area contributed by atoms with E-state index < -0.39 is 5.97 Å². The number of nitrogens with zero attached hydrogens (tertiary/aromatic N) is 1. The van der Waals surface area contributed by atoms with E-state index in [1.165, 1.54) is 6.07 Å². The van der Waals surface area contributed by atoms with Crippen LogP contribution in [0.1, 0.15) is 35.2 Å². The molecule has 0 bridgehead atoms. The van der Waals surface area contributed by atoms with E-state index in [0.717, 1.165) is 12.2 Å². The third kappa shape index (κ3) is 4.63. The van der Waals surface area contributed by atoms with E-state index in [1.807, 2.05) is 0 Å². The van der Waals surface area contributed by atoms with Crippen molar-refractivity contribution < 1.29 is 19.1 Å². The molecule has 0 fully saturated rings. The Morgan fingerprint density at radius 3 is 2.68 bits per heavy atom. The molecule has 0 aromatic carbocycles. The van der Waals surface area contributed by atoms with Gasteiger partial charge in [0, 0.05) is 7.05 Å². The standard InChI is InChI=1S/C13H19NO4S/c1-4-5-19-8-12(15)14(3)7-10-6-11(13(16)17)9(2)18-10/h6H,4-5,7-8H2,1-3H3,(H,16,17). The van der Waals surface area contributed by atoms with Gasteiger partial charge >= 0.3 is 5.97 Å². The van der Waals surface area contributed by atoms with Crippen LogP contribution in [0, 0.1) is 6.92 Å². The van der Waals surface area contributed by atoms with Crippen LogP contribution in [0.2, 0.25) is 0 Å². The van der Waals surface area contributed by atoms with Gasteiger partial charge in [0.1, 0.15) is 17.1 Å². The fourth-order valence-corrected chi connectivity index (χ4v) is 2.40. The quantitative estimate of drug-likeness (QED) is 0.779. The molecule has 0 aliphatic rings. The number of amides is 1. The lowest BCUT2D eigenvalue weighted by Gasteiger charge is -2.15. The highest BCUT2D eigenvalue weighted by molar-refractivity contribution is 7.99. The first kappa shape index (κ1) is 15.6. The highest BCUT2D eigenvalue weighted by Crippen LogP contribution is 2.16. The molecule has 1 N–H and O–H groups in total. The van der Waals surface area contributed by atoms with Crippen LogP contribution < -0.4 is 0 Å². The Labute approximate surface area is 117 Å². The number of carbonyl (C=O) groups is 2. The summed E-state index contributed by atoms with van der Waals surface area (Å²) in [5.74, 6) is 1.26. The van der Waals surface area contributed by atoms with Gasteiger partial charge in [0.15, 0.2) is 0 Å². The molecular formula is C13H19NO4S. The molecule has 106 valence electrons. The zero-order chi connectivity index (χ0) is 14.4. The molecule has 1 aromatic rings. The van der Waals surface area contributed by atoms with Crippen molar-refractivity contribution in [2.75, 3.05) is 18.6 Å². The SMILES string of the molecule is CCCSCC(=O)N(C)Cc1cc(C(=O)O)c(C)o1. The van der Waals surface area contributed by atoms with Crippen LogP contribution in [-0.2, 0) is 11.3 Å². The van der Waals surface area contributed by atoms with Crippen LogP contribution >= 0.6 is 11.8 Å². The van der Waals surface area contributed by atoms with Gasteiger partial charge in [-0.1, -0.05) is 6.92 Å². The minimum absolute atomic E-state index is 0.0179. The number of thioether (sulfide) groups is 1. The number of carbonyl (C=O) groups excluding carboxylic acids is 1. The van der Waals surface area contributed by atoms with E-state index in [0.29, 0.717) is 23.8 Å². The second-order valence-corrected chi connectivity index (χ2v) is 5.40. The summed E-state index contributed by atoms with van der Waals surface area (Å²) in [5, 5.41) is 8.92. The Bertz CT molecular complexity index is 455. The first-order chi connectivity index (χ1) is 8.95. The highest BCUT2D eigenvalue weighted by Gasteiger charge is 2.16. The molecule has 5 nitrogen and oxygen atoms in total. The summed E-state index contributed by atoms with van der Waals surface area (Å²) in [6.07, 6.45) is 1.04. The molecule has 0 aliphatic heterocycles. The Kier molecular flexibility index (Phi) is 5.95. The molecule has 0 saturated carbocycles. The molecule has 0 saturated heterocycles. The molecule has 6 heteroatoms. The van der Waals surface area contributed by atoms with Gasteiger partial charge in [0.2, 0.25) is 5.91 Å². The summed E-state index contributed by atoms with van der Waals surface area (Å²) in [7, 11) is 1.69. The second-order valence-electron chi connectivity index (χ2n) is 4.29. The number of rotatable bonds is 7. The average molecular weight is 285 g/mol. The molecular weight excluding hydrogens is 266 g/mol. The summed E-state index contributed by atoms with van der Waals surface area (Å²) in [4.78, 5) is 24.2. The zero-order valence-corrected chi connectivity index (χ0v) is 12.2. The Morgan fingerprint density at radius 2 is 2.16 bits per heavy atom. The van der Waals surface area contributed by atoms with Gasteiger partial charge in [-0.25, -0.2) is 4.79 Å². The molecule has 1 rings (SSSR count). The van der Waals surface area contributed by atoms with Gasteiger partial charge in [-0.3, -0.25) is 4.79 Å². The number of aryl methyl sites for hydroxylation is 1. The van der Waals surface area contributed by atoms with Gasteiger partial charge < -0.3 is 14.4 Å². The predicted molar refractivity (Wildman–Crippen MR) is 74.5 cm³/mol. The van der Waals surface area contributed by atoms with Crippen molar-refractivity contribution in [2.24, 2.45) is 0 Å². The summed E-state index contributed by atoms with van der Waals surface area (Å²) >= 11 is 1.60. The molecule has 1 aromatic heterocycles. The summed E-state index contributed by atoms with van der Waals surface area (Å²) < 4.78 is 5.34. The second kappa shape index (κ2) is 7.23. The van der Waals surface area contributed by atoms with Crippen molar-refractivity contribution >= 4 is 23.6 Å². The van der Waals surface area contributed by atoms with Crippen molar-refractivity contribution in [1.29, 1.82) is 0 Å². The normalized spacial score (nSPS) is 10.5. The van der Waals surface area contributed by atoms with Gasteiger partial charge in [0.05, 0.1) is 12.3 Å². The van der Waals surface area contributed by atoms with Gasteiger partial charge in [-0.15, -0.1) is 0 Å².